The largest absolute Gasteiger partial charge is 0.308 e. The van der Waals surface area contributed by atoms with E-state index in [1.54, 1.807) is 0 Å². The van der Waals surface area contributed by atoms with Crippen molar-refractivity contribution in [3.05, 3.63) is 143 Å². The molecule has 0 bridgehead atoms. The zero-order valence-electron chi connectivity index (χ0n) is 67.6. The van der Waals surface area contributed by atoms with E-state index in [-0.39, 0.29) is 11.8 Å². The number of unbranched alkanes of at least 4 members (excludes halogenated alkanes) is 34. The van der Waals surface area contributed by atoms with E-state index in [1.165, 1.54) is 342 Å². The minimum Gasteiger partial charge on any atom is -0.308 e. The van der Waals surface area contributed by atoms with Crippen LogP contribution in [0.15, 0.2) is 121 Å². The lowest BCUT2D eigenvalue weighted by Gasteiger charge is -2.20. The topological polar surface area (TPSA) is 40.6 Å². The molecule has 0 spiro atoms. The van der Waals surface area contributed by atoms with Crippen LogP contribution in [0.1, 0.15) is 345 Å². The lowest BCUT2D eigenvalue weighted by atomic mass is 9.89. The summed E-state index contributed by atoms with van der Waals surface area (Å²) in [7, 11) is 0. The summed E-state index contributed by atoms with van der Waals surface area (Å²) in [5, 5.41) is 7.87. The summed E-state index contributed by atoms with van der Waals surface area (Å²) in [6.07, 6.45) is 61.3. The number of nitrogens with zero attached hydrogens (tertiary/aromatic N) is 2. The molecule has 4 nitrogen and oxygen atoms in total. The number of anilines is 2. The number of benzene rings is 6. The van der Waals surface area contributed by atoms with Crippen LogP contribution in [0.3, 0.4) is 0 Å². The van der Waals surface area contributed by atoms with Gasteiger partial charge in [-0.3, -0.25) is 9.59 Å². The molecule has 11 rings (SSSR count). The quantitative estimate of drug-likeness (QED) is 0.0282. The van der Waals surface area contributed by atoms with Gasteiger partial charge in [-0.05, 0) is 119 Å². The number of aryl methyl sites for hydroxylation is 2. The molecule has 0 N–H and O–H groups in total. The van der Waals surface area contributed by atoms with Gasteiger partial charge in [-0.2, -0.15) is 0 Å². The molecule has 2 atom stereocenters. The second-order valence-electron chi connectivity index (χ2n) is 33.0. The Bertz CT molecular complexity index is 4230. The van der Waals surface area contributed by atoms with Crippen LogP contribution >= 0.6 is 34.0 Å². The molecule has 2 aliphatic rings. The molecule has 107 heavy (non-hydrogen) atoms. The van der Waals surface area contributed by atoms with Gasteiger partial charge in [0, 0.05) is 63.9 Å². The molecule has 2 unspecified atom stereocenters. The van der Waals surface area contributed by atoms with E-state index in [2.05, 4.69) is 173 Å². The van der Waals surface area contributed by atoms with Crippen molar-refractivity contribution in [1.82, 2.24) is 0 Å². The Labute approximate surface area is 660 Å². The number of hydrogen-bond acceptors (Lipinski definition) is 5. The highest BCUT2D eigenvalue weighted by atomic mass is 32.1. The fourth-order valence-electron chi connectivity index (χ4n) is 18.0. The van der Waals surface area contributed by atoms with Crippen LogP contribution in [0.5, 0.6) is 0 Å². The first kappa shape index (κ1) is 82.1. The molecular weight excluding hydrogens is 1360 g/mol. The normalized spacial score (nSPS) is 14.4. The first-order valence-corrected chi connectivity index (χ1v) is 46.7. The zero-order chi connectivity index (χ0) is 74.4. The molecule has 0 saturated heterocycles. The summed E-state index contributed by atoms with van der Waals surface area (Å²) >= 11 is 5.58. The number of rotatable bonds is 53. The van der Waals surface area contributed by atoms with Crippen LogP contribution in [0.25, 0.3) is 84.2 Å². The van der Waals surface area contributed by atoms with E-state index in [4.69, 9.17) is 0 Å². The van der Waals surface area contributed by atoms with Crippen molar-refractivity contribution in [2.45, 2.75) is 337 Å². The Morgan fingerprint density at radius 3 is 0.991 bits per heavy atom. The third-order valence-corrected chi connectivity index (χ3v) is 27.9. The predicted molar refractivity (Wildman–Crippen MR) is 476 cm³/mol. The van der Waals surface area contributed by atoms with Gasteiger partial charge in [0.25, 0.3) is 11.8 Å². The van der Waals surface area contributed by atoms with Crippen LogP contribution < -0.4 is 9.80 Å². The van der Waals surface area contributed by atoms with Gasteiger partial charge in [-0.25, -0.2) is 0 Å². The molecule has 0 fully saturated rings. The van der Waals surface area contributed by atoms with Crippen LogP contribution in [0, 0.1) is 25.7 Å². The van der Waals surface area contributed by atoms with E-state index in [0.717, 1.165) is 71.1 Å². The first-order chi connectivity index (χ1) is 52.7. The minimum atomic E-state index is -0.0121. The van der Waals surface area contributed by atoms with Crippen molar-refractivity contribution in [3.63, 3.8) is 0 Å². The van der Waals surface area contributed by atoms with E-state index in [9.17, 15) is 0 Å². The molecule has 0 saturated carbocycles. The van der Waals surface area contributed by atoms with Gasteiger partial charge in [0.15, 0.2) is 0 Å². The van der Waals surface area contributed by atoms with Crippen molar-refractivity contribution in [2.75, 3.05) is 22.9 Å². The summed E-state index contributed by atoms with van der Waals surface area (Å²) < 4.78 is 2.72. The highest BCUT2D eigenvalue weighted by Gasteiger charge is 2.42. The summed E-state index contributed by atoms with van der Waals surface area (Å²) in [5.74, 6) is 1.46. The molecule has 0 aliphatic carbocycles. The van der Waals surface area contributed by atoms with E-state index >= 15 is 9.59 Å². The Hall–Kier alpha value is -5.86. The lowest BCUT2D eigenvalue weighted by Crippen LogP contribution is -2.30. The highest BCUT2D eigenvalue weighted by Crippen LogP contribution is 2.51. The number of carbonyl (C=O) groups excluding carboxylic acids is 2. The zero-order valence-corrected chi connectivity index (χ0v) is 70.0. The number of carbonyl (C=O) groups is 2. The van der Waals surface area contributed by atoms with Gasteiger partial charge in [-0.15, -0.1) is 34.0 Å². The fraction of sp³-hybridized carbons (Fsp3) is 0.560. The van der Waals surface area contributed by atoms with Gasteiger partial charge in [-0.1, -0.05) is 395 Å². The second-order valence-corrected chi connectivity index (χ2v) is 36.4. The molecule has 7 heteroatoms. The molecule has 2 aliphatic heterocycles. The summed E-state index contributed by atoms with van der Waals surface area (Å²) in [5.41, 5.74) is 9.69. The van der Waals surface area contributed by atoms with E-state index < -0.39 is 0 Å². The maximum Gasteiger partial charge on any atom is 0.259 e. The monoisotopic (exact) mass is 1490 g/mol. The number of hydrogen-bond donors (Lipinski definition) is 0. The smallest absolute Gasteiger partial charge is 0.259 e. The maximum atomic E-state index is 16.0. The van der Waals surface area contributed by atoms with Crippen LogP contribution in [0.2, 0.25) is 0 Å². The predicted octanol–water partition coefficient (Wildman–Crippen LogP) is 33.0. The van der Waals surface area contributed by atoms with E-state index in [0.29, 0.717) is 24.2 Å². The average molecular weight is 1490 g/mol. The Balaban J connectivity index is 0.842. The Morgan fingerprint density at radius 2 is 0.607 bits per heavy atom. The van der Waals surface area contributed by atoms with Crippen LogP contribution in [0.4, 0.5) is 11.4 Å². The van der Waals surface area contributed by atoms with Gasteiger partial charge in [0.2, 0.25) is 0 Å². The molecule has 9 aromatic rings. The van der Waals surface area contributed by atoms with Crippen molar-refractivity contribution < 1.29 is 9.59 Å². The van der Waals surface area contributed by atoms with Crippen molar-refractivity contribution >= 4 is 110 Å². The summed E-state index contributed by atoms with van der Waals surface area (Å²) in [6, 6.07) is 45.6. The van der Waals surface area contributed by atoms with Gasteiger partial charge in [0.1, 0.15) is 0 Å². The van der Waals surface area contributed by atoms with Gasteiger partial charge < -0.3 is 9.80 Å². The summed E-state index contributed by atoms with van der Waals surface area (Å²) in [6.45, 7) is 14.9. The molecule has 0 radical (unpaired) electrons. The average Bonchev–Trinajstić information content (AvgIpc) is 1.58. The highest BCUT2D eigenvalue weighted by molar-refractivity contribution is 7.27. The molecule has 576 valence electrons. The van der Waals surface area contributed by atoms with Crippen molar-refractivity contribution in [3.8, 4) is 31.3 Å². The standard InChI is InChI=1S/C100H136N2O2S3/c1-7-11-15-19-23-27-29-33-37-41-49-77(47-39-35-31-25-21-17-13-9-3)51-43-45-69-101-90-73-82(92-66-54-76(6)105-92)58-64-88(90)95(99(101)103)96-89-65-59-83(94-68-67-93(106-94)81-57-61-85-80(72-81)56-63-87-86-62-55-79-71-75(5)53-60-84(79)97(86)107-98(85)87)74-91(89)102(100(96)104)70-46-44-52-78(48-40-36-32-26-22-18-14-10-4)50-42-38-34-30-28-24-20-16-12-8-2/h53-68,71-74,77-78H,7-52,69-70H2,1-6H3/b96-95+. The van der Waals surface area contributed by atoms with Crippen molar-refractivity contribution in [2.24, 2.45) is 11.8 Å². The van der Waals surface area contributed by atoms with Crippen LogP contribution in [-0.2, 0) is 9.59 Å². The molecule has 5 heterocycles. The van der Waals surface area contributed by atoms with Crippen LogP contribution in [-0.4, -0.2) is 24.9 Å². The molecule has 3 aromatic heterocycles. The molecule has 2 amide bonds. The van der Waals surface area contributed by atoms with Crippen molar-refractivity contribution in [1.29, 1.82) is 0 Å². The number of thiophene rings is 3. The Kier molecular flexibility index (Phi) is 34.0. The second kappa shape index (κ2) is 44.3. The molecule has 6 aromatic carbocycles. The number of fused-ring (bicyclic) bond motifs is 9. The Morgan fingerprint density at radius 1 is 0.290 bits per heavy atom. The SMILES string of the molecule is CCCCCCCCCCCCC(CCCCCCCCCC)CCCCN1C(=O)/C(=C2/C(=O)N(CCCCC(CCCCCCCCCC)CCCCCCCCCCCC)c3cc(-c4ccc(-c5ccc6c(ccc7c8ccc9cc(C)ccc9c8sc67)c5)s4)ccc32)c2ccc(-c3ccc(C)s3)cc21. The van der Waals surface area contributed by atoms with Gasteiger partial charge >= 0.3 is 0 Å². The van der Waals surface area contributed by atoms with E-state index in [1.807, 2.05) is 34.0 Å². The first-order valence-electron chi connectivity index (χ1n) is 44.3. The molecular formula is C100H136N2O2S3. The van der Waals surface area contributed by atoms with Gasteiger partial charge in [0.05, 0.1) is 22.5 Å². The third kappa shape index (κ3) is 23.1. The lowest BCUT2D eigenvalue weighted by molar-refractivity contribution is -0.114. The third-order valence-electron chi connectivity index (χ3n) is 24.4. The summed E-state index contributed by atoms with van der Waals surface area (Å²) in [4.78, 5) is 41.0. The minimum absolute atomic E-state index is 0.00806. The maximum absolute atomic E-state index is 16.0. The fourth-order valence-corrected chi connectivity index (χ4v) is 21.2. The number of amides is 2.